The molecule has 0 fully saturated rings. The number of methoxy groups -OCH3 is 1. The predicted octanol–water partition coefficient (Wildman–Crippen LogP) is 3.08. The lowest BCUT2D eigenvalue weighted by atomic mass is 10.1. The third kappa shape index (κ3) is 3.13. The number of hydrogen-bond acceptors (Lipinski definition) is 3. The molecule has 0 spiro atoms. The van der Waals surface area contributed by atoms with Crippen molar-refractivity contribution in [3.63, 3.8) is 0 Å². The zero-order valence-electron chi connectivity index (χ0n) is 12.0. The summed E-state index contributed by atoms with van der Waals surface area (Å²) < 4.78 is 19.0. The first kappa shape index (κ1) is 14.8. The lowest BCUT2D eigenvalue weighted by Gasteiger charge is -2.22. The standard InChI is InChI=1S/C16H17FN2O2/c1-3-19(15-7-5-4-6-14(15)17)16(20)11-8-12(18)10-13(9-11)21-2/h4-10H,3,18H2,1-2H3. The van der Waals surface area contributed by atoms with Crippen LogP contribution in [-0.4, -0.2) is 19.6 Å². The van der Waals surface area contributed by atoms with Crippen LogP contribution in [0.3, 0.4) is 0 Å². The molecule has 0 atom stereocenters. The van der Waals surface area contributed by atoms with Crippen LogP contribution in [0.4, 0.5) is 15.8 Å². The van der Waals surface area contributed by atoms with Crippen LogP contribution in [0.25, 0.3) is 0 Å². The Kier molecular flexibility index (Phi) is 4.42. The smallest absolute Gasteiger partial charge is 0.258 e. The molecule has 4 nitrogen and oxygen atoms in total. The fraction of sp³-hybridized carbons (Fsp3) is 0.188. The van der Waals surface area contributed by atoms with Gasteiger partial charge in [0.05, 0.1) is 12.8 Å². The van der Waals surface area contributed by atoms with Gasteiger partial charge in [-0.05, 0) is 31.2 Å². The van der Waals surface area contributed by atoms with Crippen LogP contribution in [0.1, 0.15) is 17.3 Å². The minimum absolute atomic E-state index is 0.242. The van der Waals surface area contributed by atoms with E-state index in [1.165, 1.54) is 18.1 Å². The Labute approximate surface area is 122 Å². The number of amides is 1. The van der Waals surface area contributed by atoms with E-state index in [9.17, 15) is 9.18 Å². The third-order valence-electron chi connectivity index (χ3n) is 3.12. The minimum Gasteiger partial charge on any atom is -0.497 e. The lowest BCUT2D eigenvalue weighted by molar-refractivity contribution is 0.0987. The molecule has 21 heavy (non-hydrogen) atoms. The Morgan fingerprint density at radius 3 is 2.62 bits per heavy atom. The van der Waals surface area contributed by atoms with E-state index in [0.717, 1.165) is 0 Å². The SMILES string of the molecule is CCN(C(=O)c1cc(N)cc(OC)c1)c1ccccc1F. The molecule has 0 aliphatic rings. The van der Waals surface area contributed by atoms with Crippen molar-refractivity contribution in [1.29, 1.82) is 0 Å². The molecule has 0 aliphatic carbocycles. The van der Waals surface area contributed by atoms with Gasteiger partial charge in [0.1, 0.15) is 11.6 Å². The number of halogens is 1. The number of ether oxygens (including phenoxy) is 1. The summed E-state index contributed by atoms with van der Waals surface area (Å²) >= 11 is 0. The van der Waals surface area contributed by atoms with Crippen molar-refractivity contribution in [2.24, 2.45) is 0 Å². The van der Waals surface area contributed by atoms with Crippen LogP contribution >= 0.6 is 0 Å². The molecular weight excluding hydrogens is 271 g/mol. The van der Waals surface area contributed by atoms with E-state index in [1.807, 2.05) is 0 Å². The van der Waals surface area contributed by atoms with Crippen LogP contribution in [0.5, 0.6) is 5.75 Å². The minimum atomic E-state index is -0.441. The molecule has 0 saturated carbocycles. The number of nitrogens with two attached hydrogens (primary N) is 1. The number of benzene rings is 2. The Balaban J connectivity index is 2.41. The van der Waals surface area contributed by atoms with Crippen LogP contribution in [-0.2, 0) is 0 Å². The van der Waals surface area contributed by atoms with Crippen molar-refractivity contribution in [2.45, 2.75) is 6.92 Å². The first-order valence-corrected chi connectivity index (χ1v) is 6.57. The molecule has 0 saturated heterocycles. The van der Waals surface area contributed by atoms with Gasteiger partial charge in [-0.3, -0.25) is 4.79 Å². The van der Waals surface area contributed by atoms with Gasteiger partial charge in [0, 0.05) is 23.9 Å². The van der Waals surface area contributed by atoms with E-state index in [1.54, 1.807) is 43.3 Å². The van der Waals surface area contributed by atoms with Crippen molar-refractivity contribution in [3.05, 3.63) is 53.8 Å². The van der Waals surface area contributed by atoms with E-state index in [0.29, 0.717) is 23.5 Å². The molecule has 0 unspecified atom stereocenters. The largest absolute Gasteiger partial charge is 0.497 e. The van der Waals surface area contributed by atoms with Crippen molar-refractivity contribution >= 4 is 17.3 Å². The molecular formula is C16H17FN2O2. The van der Waals surface area contributed by atoms with Crippen LogP contribution < -0.4 is 15.4 Å². The average Bonchev–Trinajstić information content (AvgIpc) is 2.49. The second kappa shape index (κ2) is 6.26. The molecule has 0 heterocycles. The number of anilines is 2. The molecule has 2 rings (SSSR count). The number of carbonyl (C=O) groups excluding carboxylic acids is 1. The van der Waals surface area contributed by atoms with E-state index in [-0.39, 0.29) is 11.6 Å². The Bertz CT molecular complexity index is 658. The maximum Gasteiger partial charge on any atom is 0.258 e. The summed E-state index contributed by atoms with van der Waals surface area (Å²) in [5, 5.41) is 0. The third-order valence-corrected chi connectivity index (χ3v) is 3.12. The van der Waals surface area contributed by atoms with Gasteiger partial charge in [0.25, 0.3) is 5.91 Å². The maximum atomic E-state index is 13.9. The van der Waals surface area contributed by atoms with Crippen molar-refractivity contribution < 1.29 is 13.9 Å². The zero-order chi connectivity index (χ0) is 15.4. The summed E-state index contributed by atoms with van der Waals surface area (Å²) in [4.78, 5) is 14.0. The average molecular weight is 288 g/mol. The predicted molar refractivity (Wildman–Crippen MR) is 81.2 cm³/mol. The van der Waals surface area contributed by atoms with Gasteiger partial charge in [-0.1, -0.05) is 12.1 Å². The second-order valence-corrected chi connectivity index (χ2v) is 4.50. The van der Waals surface area contributed by atoms with Gasteiger partial charge in [-0.2, -0.15) is 0 Å². The fourth-order valence-electron chi connectivity index (χ4n) is 2.11. The van der Waals surface area contributed by atoms with Gasteiger partial charge in [-0.25, -0.2) is 4.39 Å². The first-order valence-electron chi connectivity index (χ1n) is 6.57. The van der Waals surface area contributed by atoms with E-state index >= 15 is 0 Å². The monoisotopic (exact) mass is 288 g/mol. The van der Waals surface area contributed by atoms with Crippen molar-refractivity contribution in [1.82, 2.24) is 0 Å². The molecule has 110 valence electrons. The summed E-state index contributed by atoms with van der Waals surface area (Å²) in [7, 11) is 1.50. The van der Waals surface area contributed by atoms with Crippen LogP contribution in [0, 0.1) is 5.82 Å². The number of nitrogen functional groups attached to an aromatic ring is 1. The highest BCUT2D eigenvalue weighted by atomic mass is 19.1. The number of carbonyl (C=O) groups is 1. The molecule has 0 radical (unpaired) electrons. The van der Waals surface area contributed by atoms with Gasteiger partial charge >= 0.3 is 0 Å². The molecule has 2 N–H and O–H groups in total. The van der Waals surface area contributed by atoms with Gasteiger partial charge < -0.3 is 15.4 Å². The van der Waals surface area contributed by atoms with E-state index in [4.69, 9.17) is 10.5 Å². The van der Waals surface area contributed by atoms with Crippen molar-refractivity contribution in [3.8, 4) is 5.75 Å². The zero-order valence-corrected chi connectivity index (χ0v) is 12.0. The molecule has 2 aromatic carbocycles. The summed E-state index contributed by atoms with van der Waals surface area (Å²) in [6, 6.07) is 10.9. The molecule has 1 amide bonds. The molecule has 0 aliphatic heterocycles. The highest BCUT2D eigenvalue weighted by Crippen LogP contribution is 2.24. The molecule has 0 aromatic heterocycles. The maximum absolute atomic E-state index is 13.9. The number of nitrogens with zero attached hydrogens (tertiary/aromatic N) is 1. The van der Waals surface area contributed by atoms with Gasteiger partial charge in [-0.15, -0.1) is 0 Å². The summed E-state index contributed by atoms with van der Waals surface area (Å²) in [6.07, 6.45) is 0. The normalized spacial score (nSPS) is 10.2. The second-order valence-electron chi connectivity index (χ2n) is 4.50. The topological polar surface area (TPSA) is 55.6 Å². The molecule has 2 aromatic rings. The molecule has 0 bridgehead atoms. The summed E-state index contributed by atoms with van der Waals surface area (Å²) in [6.45, 7) is 2.13. The number of hydrogen-bond donors (Lipinski definition) is 1. The van der Waals surface area contributed by atoms with E-state index in [2.05, 4.69) is 0 Å². The summed E-state index contributed by atoms with van der Waals surface area (Å²) in [5.74, 6) is -0.278. The fourth-order valence-corrected chi connectivity index (χ4v) is 2.11. The van der Waals surface area contributed by atoms with Crippen LogP contribution in [0.15, 0.2) is 42.5 Å². The summed E-state index contributed by atoms with van der Waals surface area (Å²) in [5.41, 5.74) is 6.78. The first-order chi connectivity index (χ1) is 10.1. The van der Waals surface area contributed by atoms with Gasteiger partial charge in [0.2, 0.25) is 0 Å². The number of para-hydroxylation sites is 1. The Morgan fingerprint density at radius 1 is 1.29 bits per heavy atom. The Morgan fingerprint density at radius 2 is 2.00 bits per heavy atom. The highest BCUT2D eigenvalue weighted by molar-refractivity contribution is 6.06. The highest BCUT2D eigenvalue weighted by Gasteiger charge is 2.19. The van der Waals surface area contributed by atoms with Crippen LogP contribution in [0.2, 0.25) is 0 Å². The van der Waals surface area contributed by atoms with Crippen molar-refractivity contribution in [2.75, 3.05) is 24.3 Å². The quantitative estimate of drug-likeness (QED) is 0.880. The number of rotatable bonds is 4. The Hall–Kier alpha value is -2.56. The lowest BCUT2D eigenvalue weighted by Crippen LogP contribution is -2.31. The molecule has 5 heteroatoms. The van der Waals surface area contributed by atoms with Gasteiger partial charge in [0.15, 0.2) is 0 Å². The van der Waals surface area contributed by atoms with E-state index < -0.39 is 5.82 Å².